The van der Waals surface area contributed by atoms with E-state index in [4.69, 9.17) is 0 Å². The first kappa shape index (κ1) is 19.9. The molecule has 0 amide bonds. The number of benzene rings is 2. The fraction of sp³-hybridized carbons (Fsp3) is 0.316. The minimum absolute atomic E-state index is 0.0689. The van der Waals surface area contributed by atoms with Crippen LogP contribution in [0.15, 0.2) is 53.4 Å². The van der Waals surface area contributed by atoms with Crippen molar-refractivity contribution in [1.82, 2.24) is 4.72 Å². The average Bonchev–Trinajstić information content (AvgIpc) is 2.61. The summed E-state index contributed by atoms with van der Waals surface area (Å²) in [5.74, 6) is -1.18. The molecule has 0 aliphatic heterocycles. The highest BCUT2D eigenvalue weighted by molar-refractivity contribution is 7.89. The van der Waals surface area contributed by atoms with Crippen molar-refractivity contribution in [3.05, 3.63) is 59.7 Å². The topological polar surface area (TPSA) is 95.5 Å². The zero-order valence-electron chi connectivity index (χ0n) is 15.1. The summed E-state index contributed by atoms with van der Waals surface area (Å²) >= 11 is 0. The molecule has 140 valence electrons. The van der Waals surface area contributed by atoms with Crippen molar-refractivity contribution in [2.45, 2.75) is 44.2 Å². The van der Waals surface area contributed by atoms with Gasteiger partial charge >= 0.3 is 5.97 Å². The van der Waals surface area contributed by atoms with Gasteiger partial charge in [-0.2, -0.15) is 0 Å². The SMILES string of the molecule is CC[C@@H](C)Nc1ccc(S(=O)(=O)N[C@@H](C)c2ccccc2)cc1C(=O)O. The molecule has 2 rings (SSSR count). The van der Waals surface area contributed by atoms with E-state index in [9.17, 15) is 18.3 Å². The number of nitrogens with one attached hydrogen (secondary N) is 2. The van der Waals surface area contributed by atoms with Crippen molar-refractivity contribution in [2.24, 2.45) is 0 Å². The van der Waals surface area contributed by atoms with Crippen LogP contribution in [0.5, 0.6) is 0 Å². The number of aromatic carboxylic acids is 1. The predicted molar refractivity (Wildman–Crippen MR) is 102 cm³/mol. The number of hydrogen-bond acceptors (Lipinski definition) is 4. The van der Waals surface area contributed by atoms with Crippen molar-refractivity contribution in [3.63, 3.8) is 0 Å². The Morgan fingerprint density at radius 2 is 1.77 bits per heavy atom. The summed E-state index contributed by atoms with van der Waals surface area (Å²) < 4.78 is 27.9. The van der Waals surface area contributed by atoms with Crippen LogP contribution < -0.4 is 10.0 Å². The Morgan fingerprint density at radius 3 is 2.35 bits per heavy atom. The highest BCUT2D eigenvalue weighted by Gasteiger charge is 2.22. The first-order chi connectivity index (χ1) is 12.2. The Bertz CT molecular complexity index is 866. The molecule has 0 saturated carbocycles. The van der Waals surface area contributed by atoms with Gasteiger partial charge in [0.15, 0.2) is 0 Å². The van der Waals surface area contributed by atoms with Gasteiger partial charge < -0.3 is 10.4 Å². The molecular weight excluding hydrogens is 352 g/mol. The van der Waals surface area contributed by atoms with Crippen LogP contribution in [0.25, 0.3) is 0 Å². The van der Waals surface area contributed by atoms with Crippen molar-refractivity contribution in [2.75, 3.05) is 5.32 Å². The third kappa shape index (κ3) is 4.83. The first-order valence-corrected chi connectivity index (χ1v) is 9.94. The first-order valence-electron chi connectivity index (χ1n) is 8.45. The molecule has 0 unspecified atom stereocenters. The van der Waals surface area contributed by atoms with Crippen molar-refractivity contribution in [3.8, 4) is 0 Å². The Balaban J connectivity index is 2.31. The summed E-state index contributed by atoms with van der Waals surface area (Å²) in [5.41, 5.74) is 1.16. The van der Waals surface area contributed by atoms with E-state index in [0.717, 1.165) is 12.0 Å². The van der Waals surface area contributed by atoms with E-state index in [1.54, 1.807) is 6.92 Å². The maximum Gasteiger partial charge on any atom is 0.337 e. The third-order valence-electron chi connectivity index (χ3n) is 4.18. The van der Waals surface area contributed by atoms with Crippen LogP contribution in [0.3, 0.4) is 0 Å². The second-order valence-corrected chi connectivity index (χ2v) is 7.93. The quantitative estimate of drug-likeness (QED) is 0.654. The highest BCUT2D eigenvalue weighted by Crippen LogP contribution is 2.23. The lowest BCUT2D eigenvalue weighted by Gasteiger charge is -2.18. The molecule has 2 aromatic rings. The van der Waals surface area contributed by atoms with Gasteiger partial charge in [0.2, 0.25) is 10.0 Å². The summed E-state index contributed by atoms with van der Waals surface area (Å²) in [4.78, 5) is 11.5. The average molecular weight is 376 g/mol. The molecule has 0 aliphatic rings. The number of carboxylic acid groups (broad SMARTS) is 1. The van der Waals surface area contributed by atoms with E-state index in [0.29, 0.717) is 5.69 Å². The monoisotopic (exact) mass is 376 g/mol. The molecule has 0 saturated heterocycles. The van der Waals surface area contributed by atoms with Crippen LogP contribution >= 0.6 is 0 Å². The van der Waals surface area contributed by atoms with Crippen LogP contribution in [0, 0.1) is 0 Å². The Labute approximate surface area is 154 Å². The molecule has 7 heteroatoms. The van der Waals surface area contributed by atoms with Crippen molar-refractivity contribution >= 4 is 21.7 Å². The zero-order chi connectivity index (χ0) is 19.3. The summed E-state index contributed by atoms with van der Waals surface area (Å²) in [5, 5.41) is 12.5. The van der Waals surface area contributed by atoms with Gasteiger partial charge in [0.1, 0.15) is 0 Å². The van der Waals surface area contributed by atoms with Gasteiger partial charge in [-0.3, -0.25) is 0 Å². The number of hydrogen-bond donors (Lipinski definition) is 3. The van der Waals surface area contributed by atoms with Gasteiger partial charge in [0, 0.05) is 17.8 Å². The normalized spacial score (nSPS) is 13.8. The van der Waals surface area contributed by atoms with E-state index in [1.807, 2.05) is 44.2 Å². The molecule has 0 aliphatic carbocycles. The lowest BCUT2D eigenvalue weighted by molar-refractivity contribution is 0.0697. The van der Waals surface area contributed by atoms with Gasteiger partial charge in [-0.25, -0.2) is 17.9 Å². The standard InChI is InChI=1S/C19H24N2O4S/c1-4-13(2)20-18-11-10-16(12-17(18)19(22)23)26(24,25)21-14(3)15-8-6-5-7-9-15/h5-14,20-21H,4H2,1-3H3,(H,22,23)/t13-,14+/m1/s1. The van der Waals surface area contributed by atoms with E-state index >= 15 is 0 Å². The van der Waals surface area contributed by atoms with E-state index in [1.165, 1.54) is 18.2 Å². The van der Waals surface area contributed by atoms with Gasteiger partial charge in [0.25, 0.3) is 0 Å². The summed E-state index contributed by atoms with van der Waals surface area (Å²) in [6, 6.07) is 12.9. The van der Waals surface area contributed by atoms with Crippen LogP contribution in [0.4, 0.5) is 5.69 Å². The van der Waals surface area contributed by atoms with Crippen LogP contribution in [-0.2, 0) is 10.0 Å². The lowest BCUT2D eigenvalue weighted by atomic mass is 10.1. The molecule has 0 radical (unpaired) electrons. The summed E-state index contributed by atoms with van der Waals surface area (Å²) in [6.07, 6.45) is 0.815. The van der Waals surface area contributed by atoms with Gasteiger partial charge in [-0.1, -0.05) is 37.3 Å². The second kappa shape index (κ2) is 8.33. The predicted octanol–water partition coefficient (Wildman–Crippen LogP) is 3.63. The second-order valence-electron chi connectivity index (χ2n) is 6.22. The van der Waals surface area contributed by atoms with Gasteiger partial charge in [0.05, 0.1) is 10.5 Å². The minimum Gasteiger partial charge on any atom is -0.478 e. The molecule has 26 heavy (non-hydrogen) atoms. The van der Waals surface area contributed by atoms with E-state index in [2.05, 4.69) is 10.0 Å². The number of carbonyl (C=O) groups is 1. The van der Waals surface area contributed by atoms with Gasteiger partial charge in [-0.05, 0) is 44.0 Å². The number of rotatable bonds is 8. The minimum atomic E-state index is -3.86. The fourth-order valence-corrected chi connectivity index (χ4v) is 3.73. The summed E-state index contributed by atoms with van der Waals surface area (Å²) in [6.45, 7) is 5.65. The molecule has 3 N–H and O–H groups in total. The maximum absolute atomic E-state index is 12.7. The highest BCUT2D eigenvalue weighted by atomic mass is 32.2. The molecular formula is C19H24N2O4S. The molecule has 2 aromatic carbocycles. The van der Waals surface area contributed by atoms with E-state index in [-0.39, 0.29) is 16.5 Å². The molecule has 0 bridgehead atoms. The smallest absolute Gasteiger partial charge is 0.337 e. The number of anilines is 1. The van der Waals surface area contributed by atoms with Gasteiger partial charge in [-0.15, -0.1) is 0 Å². The molecule has 0 fully saturated rings. The molecule has 0 aromatic heterocycles. The molecule has 6 nitrogen and oxygen atoms in total. The molecule has 0 heterocycles. The Hall–Kier alpha value is -2.38. The molecule has 2 atom stereocenters. The van der Waals surface area contributed by atoms with Crippen LogP contribution in [0.2, 0.25) is 0 Å². The maximum atomic E-state index is 12.7. The van der Waals surface area contributed by atoms with E-state index < -0.39 is 22.0 Å². The third-order valence-corrected chi connectivity index (χ3v) is 5.72. The van der Waals surface area contributed by atoms with Crippen molar-refractivity contribution in [1.29, 1.82) is 0 Å². The summed E-state index contributed by atoms with van der Waals surface area (Å²) in [7, 11) is -3.86. The largest absolute Gasteiger partial charge is 0.478 e. The van der Waals surface area contributed by atoms with Crippen LogP contribution in [-0.4, -0.2) is 25.5 Å². The van der Waals surface area contributed by atoms with Crippen molar-refractivity contribution < 1.29 is 18.3 Å². The molecule has 0 spiro atoms. The lowest BCUT2D eigenvalue weighted by Crippen LogP contribution is -2.27. The Morgan fingerprint density at radius 1 is 1.12 bits per heavy atom. The zero-order valence-corrected chi connectivity index (χ0v) is 15.9. The Kier molecular flexibility index (Phi) is 6.39. The number of carboxylic acids is 1. The van der Waals surface area contributed by atoms with Crippen LogP contribution in [0.1, 0.15) is 49.2 Å². The fourth-order valence-electron chi connectivity index (χ4n) is 2.47. The number of sulfonamides is 1.